The summed E-state index contributed by atoms with van der Waals surface area (Å²) < 4.78 is 8.81. The van der Waals surface area contributed by atoms with Gasteiger partial charge in [-0.3, -0.25) is 4.79 Å². The molecule has 0 N–H and O–H groups in total. The fraction of sp³-hybridized carbons (Fsp3) is 0.615. The van der Waals surface area contributed by atoms with E-state index in [4.69, 9.17) is 16.3 Å². The molecule has 0 spiro atoms. The van der Waals surface area contributed by atoms with Gasteiger partial charge in [0.05, 0.1) is 24.6 Å². The number of esters is 1. The van der Waals surface area contributed by atoms with Gasteiger partial charge < -0.3 is 9.30 Å². The van der Waals surface area contributed by atoms with E-state index in [1.807, 2.05) is 23.1 Å². The molecule has 2 heterocycles. The van der Waals surface area contributed by atoms with E-state index in [-0.39, 0.29) is 5.97 Å². The van der Waals surface area contributed by atoms with Crippen molar-refractivity contribution in [3.05, 3.63) is 11.5 Å². The van der Waals surface area contributed by atoms with E-state index in [0.717, 1.165) is 29.2 Å². The normalized spacial score (nSPS) is 11.2. The second-order valence-electron chi connectivity index (χ2n) is 4.44. The molecule has 2 aromatic rings. The Labute approximate surface area is 122 Å². The quantitative estimate of drug-likeness (QED) is 0.606. The molecule has 0 bridgehead atoms. The molecule has 110 valence electrons. The number of imidazole rings is 1. The second kappa shape index (κ2) is 6.26. The van der Waals surface area contributed by atoms with Gasteiger partial charge in [0.15, 0.2) is 5.65 Å². The van der Waals surface area contributed by atoms with Gasteiger partial charge >= 0.3 is 5.97 Å². The highest BCUT2D eigenvalue weighted by molar-refractivity contribution is 6.16. The van der Waals surface area contributed by atoms with Crippen LogP contribution in [-0.4, -0.2) is 31.9 Å². The van der Waals surface area contributed by atoms with Crippen LogP contribution in [0.2, 0.25) is 0 Å². The highest BCUT2D eigenvalue weighted by atomic mass is 35.5. The van der Waals surface area contributed by atoms with Crippen LogP contribution in [0.3, 0.4) is 0 Å². The molecule has 0 amide bonds. The van der Waals surface area contributed by atoms with Crippen molar-refractivity contribution in [3.8, 4) is 0 Å². The number of carbonyl (C=O) groups is 1. The number of aryl methyl sites for hydroxylation is 3. The summed E-state index contributed by atoms with van der Waals surface area (Å²) in [6.07, 6.45) is 0.303. The van der Waals surface area contributed by atoms with Crippen LogP contribution >= 0.6 is 11.6 Å². The summed E-state index contributed by atoms with van der Waals surface area (Å²) in [7, 11) is 0. The fourth-order valence-corrected chi connectivity index (χ4v) is 2.47. The number of ether oxygens (including phenoxy) is 1. The van der Waals surface area contributed by atoms with E-state index in [1.165, 1.54) is 0 Å². The Morgan fingerprint density at radius 1 is 1.40 bits per heavy atom. The van der Waals surface area contributed by atoms with Crippen LogP contribution < -0.4 is 0 Å². The number of alkyl halides is 1. The van der Waals surface area contributed by atoms with E-state index in [9.17, 15) is 4.79 Å². The molecule has 7 heteroatoms. The third kappa shape index (κ3) is 2.65. The van der Waals surface area contributed by atoms with Crippen LogP contribution in [0.15, 0.2) is 0 Å². The molecular weight excluding hydrogens is 280 g/mol. The average Bonchev–Trinajstić information content (AvgIpc) is 2.94. The predicted octanol–water partition coefficient (Wildman–Crippen LogP) is 2.25. The first-order valence-corrected chi connectivity index (χ1v) is 7.29. The molecule has 0 saturated heterocycles. The Balaban J connectivity index is 2.36. The molecule has 0 aliphatic rings. The molecule has 0 aliphatic heterocycles. The lowest BCUT2D eigenvalue weighted by Gasteiger charge is -2.08. The molecule has 0 radical (unpaired) electrons. The maximum Gasteiger partial charge on any atom is 0.307 e. The highest BCUT2D eigenvalue weighted by Gasteiger charge is 2.18. The molecule has 6 nitrogen and oxygen atoms in total. The van der Waals surface area contributed by atoms with E-state index in [0.29, 0.717) is 25.5 Å². The van der Waals surface area contributed by atoms with Crippen molar-refractivity contribution in [1.29, 1.82) is 0 Å². The third-order valence-electron chi connectivity index (χ3n) is 3.14. The molecule has 0 fully saturated rings. The summed E-state index contributed by atoms with van der Waals surface area (Å²) in [5.41, 5.74) is 2.65. The Morgan fingerprint density at radius 3 is 2.75 bits per heavy atom. The molecule has 20 heavy (non-hydrogen) atoms. The first-order valence-electron chi connectivity index (χ1n) is 6.76. The minimum absolute atomic E-state index is 0.214. The summed E-state index contributed by atoms with van der Waals surface area (Å²) in [5.74, 6) is 0.850. The van der Waals surface area contributed by atoms with E-state index < -0.39 is 0 Å². The van der Waals surface area contributed by atoms with Crippen molar-refractivity contribution in [3.63, 3.8) is 0 Å². The minimum atomic E-state index is -0.214. The van der Waals surface area contributed by atoms with Crippen LogP contribution in [0.1, 0.15) is 31.8 Å². The predicted molar refractivity (Wildman–Crippen MR) is 76.7 cm³/mol. The number of carbonyl (C=O) groups excluding carboxylic acids is 1. The van der Waals surface area contributed by atoms with Gasteiger partial charge in [0, 0.05) is 13.1 Å². The molecule has 2 rings (SSSR count). The standard InChI is InChI=1S/C13H19ClN4O2/c1-4-18-13-12(9(3)16-18)15-10(8-14)17(13)7-6-11(19)20-5-2/h4-8H2,1-3H3. The van der Waals surface area contributed by atoms with Gasteiger partial charge in [-0.2, -0.15) is 5.10 Å². The number of hydrogen-bond donors (Lipinski definition) is 0. The summed E-state index contributed by atoms with van der Waals surface area (Å²) in [6.45, 7) is 7.39. The van der Waals surface area contributed by atoms with Crippen LogP contribution in [0.5, 0.6) is 0 Å². The fourth-order valence-electron chi connectivity index (χ4n) is 2.26. The van der Waals surface area contributed by atoms with Gasteiger partial charge in [0.25, 0.3) is 0 Å². The molecule has 0 unspecified atom stereocenters. The van der Waals surface area contributed by atoms with Crippen molar-refractivity contribution in [2.45, 2.75) is 46.2 Å². The number of hydrogen-bond acceptors (Lipinski definition) is 4. The van der Waals surface area contributed by atoms with Gasteiger partial charge in [-0.15, -0.1) is 11.6 Å². The maximum atomic E-state index is 11.5. The Kier molecular flexibility index (Phi) is 4.65. The molecule has 0 atom stereocenters. The van der Waals surface area contributed by atoms with Gasteiger partial charge in [0.1, 0.15) is 11.3 Å². The average molecular weight is 299 g/mol. The lowest BCUT2D eigenvalue weighted by molar-refractivity contribution is -0.143. The van der Waals surface area contributed by atoms with E-state index in [2.05, 4.69) is 10.1 Å². The molecular formula is C13H19ClN4O2. The Hall–Kier alpha value is -1.56. The zero-order valence-electron chi connectivity index (χ0n) is 12.0. The molecule has 0 saturated carbocycles. The van der Waals surface area contributed by atoms with Gasteiger partial charge in [-0.05, 0) is 20.8 Å². The highest BCUT2D eigenvalue weighted by Crippen LogP contribution is 2.21. The largest absolute Gasteiger partial charge is 0.466 e. The first-order chi connectivity index (χ1) is 9.62. The lowest BCUT2D eigenvalue weighted by atomic mass is 10.4. The monoisotopic (exact) mass is 298 g/mol. The van der Waals surface area contributed by atoms with E-state index in [1.54, 1.807) is 6.92 Å². The van der Waals surface area contributed by atoms with E-state index >= 15 is 0 Å². The van der Waals surface area contributed by atoms with Gasteiger partial charge in [0.2, 0.25) is 0 Å². The van der Waals surface area contributed by atoms with Gasteiger partial charge in [-0.1, -0.05) is 0 Å². The lowest BCUT2D eigenvalue weighted by Crippen LogP contribution is -2.13. The van der Waals surface area contributed by atoms with Crippen LogP contribution in [0.4, 0.5) is 0 Å². The second-order valence-corrected chi connectivity index (χ2v) is 4.71. The SMILES string of the molecule is CCOC(=O)CCn1c(CCl)nc2c(C)nn(CC)c21. The Morgan fingerprint density at radius 2 is 2.15 bits per heavy atom. The van der Waals surface area contributed by atoms with Gasteiger partial charge in [-0.25, -0.2) is 9.67 Å². The van der Waals surface area contributed by atoms with Crippen molar-refractivity contribution < 1.29 is 9.53 Å². The third-order valence-corrected chi connectivity index (χ3v) is 3.38. The summed E-state index contributed by atoms with van der Waals surface area (Å²) in [4.78, 5) is 16.0. The molecule has 0 aliphatic carbocycles. The zero-order valence-corrected chi connectivity index (χ0v) is 12.8. The number of rotatable bonds is 6. The minimum Gasteiger partial charge on any atom is -0.466 e. The maximum absolute atomic E-state index is 11.5. The summed E-state index contributed by atoms with van der Waals surface area (Å²) in [5, 5.41) is 4.44. The summed E-state index contributed by atoms with van der Waals surface area (Å²) >= 11 is 5.96. The van der Waals surface area contributed by atoms with Crippen LogP contribution in [0, 0.1) is 6.92 Å². The van der Waals surface area contributed by atoms with Crippen molar-refractivity contribution in [2.75, 3.05) is 6.61 Å². The van der Waals surface area contributed by atoms with Crippen LogP contribution in [0.25, 0.3) is 11.2 Å². The van der Waals surface area contributed by atoms with Crippen molar-refractivity contribution in [1.82, 2.24) is 19.3 Å². The molecule has 0 aromatic carbocycles. The van der Waals surface area contributed by atoms with Crippen LogP contribution in [-0.2, 0) is 28.5 Å². The van der Waals surface area contributed by atoms with Crippen molar-refractivity contribution >= 4 is 28.7 Å². The summed E-state index contributed by atoms with van der Waals surface area (Å²) in [6, 6.07) is 0. The zero-order chi connectivity index (χ0) is 14.7. The first kappa shape index (κ1) is 14.8. The number of aromatic nitrogens is 4. The number of fused-ring (bicyclic) bond motifs is 1. The Bertz CT molecular complexity index is 617. The number of nitrogens with zero attached hydrogens (tertiary/aromatic N) is 4. The smallest absolute Gasteiger partial charge is 0.307 e. The molecule has 2 aromatic heterocycles. The van der Waals surface area contributed by atoms with Crippen molar-refractivity contribution in [2.24, 2.45) is 0 Å². The number of halogens is 1. The topological polar surface area (TPSA) is 61.9 Å².